The third-order valence-corrected chi connectivity index (χ3v) is 5.87. The van der Waals surface area contributed by atoms with E-state index in [4.69, 9.17) is 0 Å². The molecule has 1 aliphatic heterocycles. The summed E-state index contributed by atoms with van der Waals surface area (Å²) in [4.78, 5) is 10.9. The predicted molar refractivity (Wildman–Crippen MR) is 119 cm³/mol. The lowest BCUT2D eigenvalue weighted by atomic mass is 9.96. The Morgan fingerprint density at radius 3 is 2.55 bits per heavy atom. The van der Waals surface area contributed by atoms with Gasteiger partial charge in [-0.2, -0.15) is 13.2 Å². The molecule has 1 aromatic carbocycles. The van der Waals surface area contributed by atoms with Gasteiger partial charge in [0.25, 0.3) is 0 Å². The van der Waals surface area contributed by atoms with Crippen LogP contribution in [-0.4, -0.2) is 40.7 Å². The quantitative estimate of drug-likeness (QED) is 0.603. The highest BCUT2D eigenvalue weighted by molar-refractivity contribution is 5.66. The molecule has 0 atom stereocenters. The fourth-order valence-corrected chi connectivity index (χ4v) is 4.03. The van der Waals surface area contributed by atoms with Crippen LogP contribution in [0.25, 0.3) is 6.08 Å². The number of nitrogens with one attached hydrogen (secondary N) is 1. The monoisotopic (exact) mass is 432 g/mol. The first kappa shape index (κ1) is 23.3. The average molecular weight is 433 g/mol. The molecule has 2 aromatic rings. The Labute approximate surface area is 182 Å². The van der Waals surface area contributed by atoms with Crippen LogP contribution in [0.1, 0.15) is 48.6 Å². The van der Waals surface area contributed by atoms with Gasteiger partial charge in [-0.15, -0.1) is 0 Å². The second-order valence-electron chi connectivity index (χ2n) is 8.53. The number of benzene rings is 1. The van der Waals surface area contributed by atoms with Crippen molar-refractivity contribution in [1.82, 2.24) is 14.9 Å². The van der Waals surface area contributed by atoms with Crippen LogP contribution in [0.4, 0.5) is 19.0 Å². The number of allylic oxidation sites excluding steroid dienone is 1. The van der Waals surface area contributed by atoms with E-state index in [0.29, 0.717) is 23.0 Å². The van der Waals surface area contributed by atoms with E-state index in [0.717, 1.165) is 39.0 Å². The fourth-order valence-electron chi connectivity index (χ4n) is 4.03. The predicted octanol–water partition coefficient (Wildman–Crippen LogP) is 5.77. The van der Waals surface area contributed by atoms with Crippen LogP contribution in [0.3, 0.4) is 0 Å². The lowest BCUT2D eigenvalue weighted by Crippen LogP contribution is -2.35. The third-order valence-electron chi connectivity index (χ3n) is 5.87. The molecule has 168 valence electrons. The summed E-state index contributed by atoms with van der Waals surface area (Å²) in [5.41, 5.74) is 4.26. The number of aryl methyl sites for hydroxylation is 2. The van der Waals surface area contributed by atoms with Gasteiger partial charge >= 0.3 is 6.18 Å². The maximum absolute atomic E-state index is 12.7. The zero-order valence-corrected chi connectivity index (χ0v) is 18.5. The number of nitrogens with zero attached hydrogens (tertiary/aromatic N) is 3. The lowest BCUT2D eigenvalue weighted by Gasteiger charge is -2.32. The van der Waals surface area contributed by atoms with E-state index >= 15 is 0 Å². The van der Waals surface area contributed by atoms with Crippen molar-refractivity contribution in [2.75, 3.05) is 25.0 Å². The van der Waals surface area contributed by atoms with Gasteiger partial charge < -0.3 is 5.32 Å². The minimum atomic E-state index is -4.22. The molecule has 0 unspecified atom stereocenters. The average Bonchev–Trinajstić information content (AvgIpc) is 2.70. The van der Waals surface area contributed by atoms with Crippen molar-refractivity contribution in [2.45, 2.75) is 52.8 Å². The minimum Gasteiger partial charge on any atom is -0.369 e. The van der Waals surface area contributed by atoms with E-state index in [2.05, 4.69) is 51.4 Å². The van der Waals surface area contributed by atoms with Crippen LogP contribution >= 0.6 is 0 Å². The van der Waals surface area contributed by atoms with Gasteiger partial charge in [0.05, 0.1) is 12.1 Å². The summed E-state index contributed by atoms with van der Waals surface area (Å²) in [6, 6.07) is 8.50. The summed E-state index contributed by atoms with van der Waals surface area (Å²) in [5.74, 6) is 1.12. The molecule has 0 spiro atoms. The number of likely N-dealkylation sites (tertiary alicyclic amines) is 1. The molecular formula is C24H31F3N4. The highest BCUT2D eigenvalue weighted by atomic mass is 19.4. The second-order valence-corrected chi connectivity index (χ2v) is 8.53. The van der Waals surface area contributed by atoms with Crippen molar-refractivity contribution in [2.24, 2.45) is 5.92 Å². The summed E-state index contributed by atoms with van der Waals surface area (Å²) in [6.45, 7) is 9.26. The molecule has 1 N–H and O–H groups in total. The number of alkyl halides is 3. The molecule has 0 amide bonds. The van der Waals surface area contributed by atoms with Crippen LogP contribution in [0, 0.1) is 19.8 Å². The smallest absolute Gasteiger partial charge is 0.369 e. The van der Waals surface area contributed by atoms with Gasteiger partial charge in [0.2, 0.25) is 0 Å². The van der Waals surface area contributed by atoms with Gasteiger partial charge in [-0.25, -0.2) is 9.97 Å². The van der Waals surface area contributed by atoms with E-state index < -0.39 is 12.6 Å². The summed E-state index contributed by atoms with van der Waals surface area (Å²) < 4.78 is 38.1. The summed E-state index contributed by atoms with van der Waals surface area (Å²) in [6.07, 6.45) is 0.0292. The first-order valence-corrected chi connectivity index (χ1v) is 10.8. The van der Waals surface area contributed by atoms with Crippen molar-refractivity contribution in [3.8, 4) is 0 Å². The molecule has 3 rings (SSSR count). The first-order valence-electron chi connectivity index (χ1n) is 10.8. The molecule has 31 heavy (non-hydrogen) atoms. The number of aromatic nitrogens is 2. The largest absolute Gasteiger partial charge is 0.392 e. The van der Waals surface area contributed by atoms with Crippen LogP contribution in [0.15, 0.2) is 36.2 Å². The van der Waals surface area contributed by atoms with E-state index in [1.165, 1.54) is 24.4 Å². The summed E-state index contributed by atoms with van der Waals surface area (Å²) in [5, 5.41) is 3.37. The van der Waals surface area contributed by atoms with Crippen LogP contribution in [0.5, 0.6) is 0 Å². The standard InChI is InChI=1S/C24H31F3N4/c1-17(13-24(25,26)27)12-22-19(3)29-16-30-23(22)28-14-20-8-10-31(11-9-20)15-21-7-5-4-6-18(21)2/h4-7,12,16,20H,8-11,13-15H2,1-3H3,(H,28,29,30)/b17-12+. The lowest BCUT2D eigenvalue weighted by molar-refractivity contribution is -0.126. The Morgan fingerprint density at radius 2 is 1.87 bits per heavy atom. The van der Waals surface area contributed by atoms with Gasteiger partial charge in [-0.05, 0) is 63.7 Å². The zero-order chi connectivity index (χ0) is 22.4. The molecular weight excluding hydrogens is 401 g/mol. The van der Waals surface area contributed by atoms with Crippen molar-refractivity contribution >= 4 is 11.9 Å². The number of piperidine rings is 1. The van der Waals surface area contributed by atoms with E-state index in [-0.39, 0.29) is 5.57 Å². The Balaban J connectivity index is 1.56. The fraction of sp³-hybridized carbons (Fsp3) is 0.500. The highest BCUT2D eigenvalue weighted by Gasteiger charge is 2.27. The van der Waals surface area contributed by atoms with Crippen LogP contribution in [0.2, 0.25) is 0 Å². The maximum Gasteiger partial charge on any atom is 0.392 e. The number of anilines is 1. The Morgan fingerprint density at radius 1 is 1.16 bits per heavy atom. The van der Waals surface area contributed by atoms with E-state index in [1.807, 2.05) is 0 Å². The maximum atomic E-state index is 12.7. The molecule has 1 aliphatic rings. The SMILES string of the molecule is C/C(=C\c1c(C)ncnc1NCC1CCN(Cc2ccccc2C)CC1)CC(F)(F)F. The molecule has 0 saturated carbocycles. The van der Waals surface area contributed by atoms with E-state index in [9.17, 15) is 13.2 Å². The topological polar surface area (TPSA) is 41.1 Å². The van der Waals surface area contributed by atoms with Gasteiger partial charge in [0.15, 0.2) is 0 Å². The molecule has 1 fully saturated rings. The second kappa shape index (κ2) is 10.3. The number of hydrogen-bond donors (Lipinski definition) is 1. The molecule has 2 heterocycles. The van der Waals surface area contributed by atoms with Gasteiger partial charge in [-0.1, -0.05) is 35.9 Å². The zero-order valence-electron chi connectivity index (χ0n) is 18.5. The third kappa shape index (κ3) is 7.06. The molecule has 1 saturated heterocycles. The molecule has 4 nitrogen and oxygen atoms in total. The molecule has 1 aromatic heterocycles. The van der Waals surface area contributed by atoms with E-state index in [1.54, 1.807) is 13.0 Å². The highest BCUT2D eigenvalue weighted by Crippen LogP contribution is 2.28. The van der Waals surface area contributed by atoms with Crippen molar-refractivity contribution in [3.05, 3.63) is 58.6 Å². The number of halogens is 3. The Hall–Kier alpha value is -2.41. The van der Waals surface area contributed by atoms with Crippen molar-refractivity contribution < 1.29 is 13.2 Å². The minimum absolute atomic E-state index is 0.248. The molecule has 0 radical (unpaired) electrons. The van der Waals surface area contributed by atoms with Gasteiger partial charge in [0.1, 0.15) is 12.1 Å². The molecule has 7 heteroatoms. The molecule has 0 aliphatic carbocycles. The summed E-state index contributed by atoms with van der Waals surface area (Å²) in [7, 11) is 0. The van der Waals surface area contributed by atoms with Crippen LogP contribution in [-0.2, 0) is 6.54 Å². The molecule has 0 bridgehead atoms. The normalized spacial score (nSPS) is 16.5. The summed E-state index contributed by atoms with van der Waals surface area (Å²) >= 11 is 0. The van der Waals surface area contributed by atoms with Gasteiger partial charge in [0, 0.05) is 18.7 Å². The first-order chi connectivity index (χ1) is 14.7. The number of hydrogen-bond acceptors (Lipinski definition) is 4. The van der Waals surface area contributed by atoms with Crippen molar-refractivity contribution in [1.29, 1.82) is 0 Å². The van der Waals surface area contributed by atoms with Gasteiger partial charge in [-0.3, -0.25) is 4.90 Å². The Bertz CT molecular complexity index is 900. The Kier molecular flexibility index (Phi) is 7.70. The van der Waals surface area contributed by atoms with Crippen molar-refractivity contribution in [3.63, 3.8) is 0 Å². The van der Waals surface area contributed by atoms with Crippen LogP contribution < -0.4 is 5.32 Å². The number of rotatable bonds is 7.